The van der Waals surface area contributed by atoms with Gasteiger partial charge >= 0.3 is 0 Å². The molecule has 0 fully saturated rings. The first kappa shape index (κ1) is 12.1. The Kier molecular flexibility index (Phi) is 4.09. The summed E-state index contributed by atoms with van der Waals surface area (Å²) in [5.74, 6) is 5.55. The molecule has 1 unspecified atom stereocenters. The van der Waals surface area contributed by atoms with Crippen LogP contribution in [0.15, 0.2) is 15.9 Å². The van der Waals surface area contributed by atoms with Gasteiger partial charge in [0, 0.05) is 16.5 Å². The van der Waals surface area contributed by atoms with E-state index in [-0.39, 0.29) is 11.6 Å². The molecule has 1 aromatic heterocycles. The number of hydrogen-bond donors (Lipinski definition) is 2. The summed E-state index contributed by atoms with van der Waals surface area (Å²) < 4.78 is 6.48. The lowest BCUT2D eigenvalue weighted by atomic mass is 9.98. The number of hydrogen-bond acceptors (Lipinski definition) is 4. The number of thiophene rings is 1. The maximum atomic E-state index is 5.55. The van der Waals surface area contributed by atoms with Crippen molar-refractivity contribution >= 4 is 27.3 Å². The lowest BCUT2D eigenvalue weighted by molar-refractivity contribution is -0.0103. The third-order valence-electron chi connectivity index (χ3n) is 2.29. The largest absolute Gasteiger partial charge is 0.377 e. The fourth-order valence-electron chi connectivity index (χ4n) is 1.22. The Morgan fingerprint density at radius 2 is 2.29 bits per heavy atom. The molecule has 14 heavy (non-hydrogen) atoms. The average Bonchev–Trinajstić information content (AvgIpc) is 2.53. The minimum Gasteiger partial charge on any atom is -0.377 e. The molecule has 1 rings (SSSR count). The van der Waals surface area contributed by atoms with Gasteiger partial charge in [-0.2, -0.15) is 0 Å². The van der Waals surface area contributed by atoms with Crippen molar-refractivity contribution in [3.8, 4) is 0 Å². The van der Waals surface area contributed by atoms with Gasteiger partial charge in [0.2, 0.25) is 0 Å². The quantitative estimate of drug-likeness (QED) is 0.657. The summed E-state index contributed by atoms with van der Waals surface area (Å²) in [5.41, 5.74) is 2.46. The van der Waals surface area contributed by atoms with E-state index in [1.807, 2.05) is 25.3 Å². The van der Waals surface area contributed by atoms with Crippen LogP contribution in [0.3, 0.4) is 0 Å². The molecule has 1 aromatic rings. The molecule has 3 N–H and O–H groups in total. The van der Waals surface area contributed by atoms with Crippen LogP contribution in [-0.2, 0) is 4.74 Å². The van der Waals surface area contributed by atoms with Gasteiger partial charge < -0.3 is 4.74 Å². The maximum Gasteiger partial charge on any atom is 0.0848 e. The highest BCUT2D eigenvalue weighted by Crippen LogP contribution is 2.35. The van der Waals surface area contributed by atoms with Crippen LogP contribution < -0.4 is 11.3 Å². The van der Waals surface area contributed by atoms with Crippen LogP contribution in [0.4, 0.5) is 0 Å². The standard InChI is InChI=1S/C9H15BrN2OS/c1-9(2,13-3)8(12-11)7-6(10)4-5-14-7/h4-5,8,12H,11H2,1-3H3. The molecule has 1 atom stereocenters. The molecule has 0 amide bonds. The zero-order valence-electron chi connectivity index (χ0n) is 8.50. The van der Waals surface area contributed by atoms with E-state index in [4.69, 9.17) is 10.6 Å². The van der Waals surface area contributed by atoms with Crippen LogP contribution in [0.5, 0.6) is 0 Å². The second kappa shape index (κ2) is 4.72. The van der Waals surface area contributed by atoms with E-state index in [2.05, 4.69) is 21.4 Å². The van der Waals surface area contributed by atoms with Crippen molar-refractivity contribution in [2.45, 2.75) is 25.5 Å². The highest BCUT2D eigenvalue weighted by Gasteiger charge is 2.31. The van der Waals surface area contributed by atoms with Gasteiger partial charge in [0.1, 0.15) is 0 Å². The van der Waals surface area contributed by atoms with Gasteiger partial charge in [0.15, 0.2) is 0 Å². The first-order valence-corrected chi connectivity index (χ1v) is 5.94. The minimum absolute atomic E-state index is 0.0122. The van der Waals surface area contributed by atoms with Crippen LogP contribution >= 0.6 is 27.3 Å². The van der Waals surface area contributed by atoms with Gasteiger partial charge in [-0.3, -0.25) is 5.84 Å². The van der Waals surface area contributed by atoms with Crippen LogP contribution in [0.2, 0.25) is 0 Å². The normalized spacial score (nSPS) is 14.4. The van der Waals surface area contributed by atoms with E-state index in [0.29, 0.717) is 0 Å². The van der Waals surface area contributed by atoms with Crippen molar-refractivity contribution in [2.24, 2.45) is 5.84 Å². The van der Waals surface area contributed by atoms with E-state index < -0.39 is 0 Å². The molecule has 0 aliphatic carbocycles. The average molecular weight is 279 g/mol. The van der Waals surface area contributed by atoms with Gasteiger partial charge in [-0.15, -0.1) is 11.3 Å². The molecule has 80 valence electrons. The van der Waals surface area contributed by atoms with Crippen LogP contribution in [0.25, 0.3) is 0 Å². The Morgan fingerprint density at radius 1 is 1.64 bits per heavy atom. The van der Waals surface area contributed by atoms with Gasteiger partial charge in [0.25, 0.3) is 0 Å². The molecule has 0 saturated carbocycles. The molecule has 0 saturated heterocycles. The molecule has 0 aliphatic heterocycles. The lowest BCUT2D eigenvalue weighted by Crippen LogP contribution is -2.43. The Labute approximate surface area is 96.7 Å². The van der Waals surface area contributed by atoms with E-state index in [0.717, 1.165) is 9.35 Å². The Hall–Kier alpha value is 0.0600. The third-order valence-corrected chi connectivity index (χ3v) is 4.23. The van der Waals surface area contributed by atoms with Crippen molar-refractivity contribution in [2.75, 3.05) is 7.11 Å². The fraction of sp³-hybridized carbons (Fsp3) is 0.556. The second-order valence-corrected chi connectivity index (χ2v) is 5.34. The molecular formula is C9H15BrN2OS. The van der Waals surface area contributed by atoms with Gasteiger partial charge in [0.05, 0.1) is 11.6 Å². The molecule has 5 heteroatoms. The van der Waals surface area contributed by atoms with Crippen LogP contribution in [-0.4, -0.2) is 12.7 Å². The van der Waals surface area contributed by atoms with Gasteiger partial charge in [-0.1, -0.05) is 0 Å². The fourth-order valence-corrected chi connectivity index (χ4v) is 3.06. The summed E-state index contributed by atoms with van der Waals surface area (Å²) in [6.07, 6.45) is 0. The van der Waals surface area contributed by atoms with Crippen molar-refractivity contribution in [3.63, 3.8) is 0 Å². The predicted octanol–water partition coefficient (Wildman–Crippen LogP) is 2.44. The number of rotatable bonds is 4. The number of ether oxygens (including phenoxy) is 1. The second-order valence-electron chi connectivity index (χ2n) is 3.54. The summed E-state index contributed by atoms with van der Waals surface area (Å²) in [7, 11) is 1.69. The number of nitrogens with two attached hydrogens (primary N) is 1. The summed E-state index contributed by atoms with van der Waals surface area (Å²) >= 11 is 5.14. The lowest BCUT2D eigenvalue weighted by Gasteiger charge is -2.32. The van der Waals surface area contributed by atoms with E-state index in [1.165, 1.54) is 0 Å². The van der Waals surface area contributed by atoms with E-state index >= 15 is 0 Å². The Balaban J connectivity index is 2.99. The Bertz CT molecular complexity index is 301. The SMILES string of the molecule is COC(C)(C)C(NN)c1sccc1Br. The highest BCUT2D eigenvalue weighted by molar-refractivity contribution is 9.10. The minimum atomic E-state index is -0.331. The summed E-state index contributed by atoms with van der Waals surface area (Å²) in [6, 6.07) is 2.00. The molecular weight excluding hydrogens is 264 g/mol. The smallest absolute Gasteiger partial charge is 0.0848 e. The van der Waals surface area contributed by atoms with Gasteiger partial charge in [-0.05, 0) is 41.2 Å². The zero-order chi connectivity index (χ0) is 10.8. The monoisotopic (exact) mass is 278 g/mol. The Morgan fingerprint density at radius 3 is 2.64 bits per heavy atom. The predicted molar refractivity (Wildman–Crippen MR) is 63.2 cm³/mol. The molecule has 0 aromatic carbocycles. The van der Waals surface area contributed by atoms with Crippen molar-refractivity contribution in [1.29, 1.82) is 0 Å². The van der Waals surface area contributed by atoms with E-state index in [9.17, 15) is 0 Å². The van der Waals surface area contributed by atoms with Gasteiger partial charge in [-0.25, -0.2) is 5.43 Å². The molecule has 0 bridgehead atoms. The molecule has 0 spiro atoms. The summed E-state index contributed by atoms with van der Waals surface area (Å²) in [4.78, 5) is 1.15. The van der Waals surface area contributed by atoms with Crippen LogP contribution in [0.1, 0.15) is 24.8 Å². The highest BCUT2D eigenvalue weighted by atomic mass is 79.9. The number of nitrogens with one attached hydrogen (secondary N) is 1. The van der Waals surface area contributed by atoms with E-state index in [1.54, 1.807) is 18.4 Å². The maximum absolute atomic E-state index is 5.55. The zero-order valence-corrected chi connectivity index (χ0v) is 10.9. The van der Waals surface area contributed by atoms with Crippen molar-refractivity contribution in [1.82, 2.24) is 5.43 Å². The van der Waals surface area contributed by atoms with Crippen LogP contribution in [0, 0.1) is 0 Å². The number of hydrazine groups is 1. The molecule has 0 aliphatic rings. The molecule has 1 heterocycles. The summed E-state index contributed by atoms with van der Waals surface area (Å²) in [5, 5.41) is 2.02. The number of methoxy groups -OCH3 is 1. The third kappa shape index (κ3) is 2.35. The van der Waals surface area contributed by atoms with Crippen molar-refractivity contribution in [3.05, 3.63) is 20.8 Å². The summed E-state index contributed by atoms with van der Waals surface area (Å²) in [6.45, 7) is 4.01. The topological polar surface area (TPSA) is 47.3 Å². The number of halogens is 1. The first-order chi connectivity index (χ1) is 6.53. The molecule has 3 nitrogen and oxygen atoms in total. The first-order valence-electron chi connectivity index (χ1n) is 4.27. The van der Waals surface area contributed by atoms with Crippen molar-refractivity contribution < 1.29 is 4.74 Å². The molecule has 0 radical (unpaired) electrons.